The molecule has 0 amide bonds. The summed E-state index contributed by atoms with van der Waals surface area (Å²) in [7, 11) is -3.33. The standard InChI is InChI=1S/C18H28NO3P/c20-23(19-16-10-4-1-5-11-16,21-17-12-6-2-7-13-17)22-18-14-8-3-9-15-18/h1,4-5,10-11,17-18H,2-3,6-9,12-15H2,(H,19,20). The largest absolute Gasteiger partial charge is 0.433 e. The maximum absolute atomic E-state index is 13.4. The molecule has 5 heteroatoms. The van der Waals surface area contributed by atoms with Gasteiger partial charge < -0.3 is 0 Å². The maximum atomic E-state index is 13.4. The number of anilines is 1. The highest BCUT2D eigenvalue weighted by Gasteiger charge is 2.33. The van der Waals surface area contributed by atoms with E-state index >= 15 is 0 Å². The molecular weight excluding hydrogens is 309 g/mol. The third-order valence-corrected chi connectivity index (χ3v) is 6.40. The van der Waals surface area contributed by atoms with E-state index in [1.165, 1.54) is 12.8 Å². The van der Waals surface area contributed by atoms with Crippen LogP contribution >= 0.6 is 7.75 Å². The van der Waals surface area contributed by atoms with Crippen molar-refractivity contribution >= 4 is 13.4 Å². The van der Waals surface area contributed by atoms with Crippen molar-refractivity contribution in [2.24, 2.45) is 0 Å². The highest BCUT2D eigenvalue weighted by Crippen LogP contribution is 2.53. The Bertz CT molecular complexity index is 486. The maximum Gasteiger partial charge on any atom is 0.433 e. The molecule has 128 valence electrons. The van der Waals surface area contributed by atoms with Crippen LogP contribution in [0.5, 0.6) is 0 Å². The zero-order valence-corrected chi connectivity index (χ0v) is 14.7. The van der Waals surface area contributed by atoms with Gasteiger partial charge in [-0.05, 0) is 37.8 Å². The molecule has 23 heavy (non-hydrogen) atoms. The molecule has 1 aromatic carbocycles. The van der Waals surface area contributed by atoms with Gasteiger partial charge in [0, 0.05) is 5.69 Å². The minimum atomic E-state index is -3.33. The fourth-order valence-corrected chi connectivity index (χ4v) is 5.31. The number of rotatable bonds is 6. The van der Waals surface area contributed by atoms with Gasteiger partial charge in [0.15, 0.2) is 0 Å². The van der Waals surface area contributed by atoms with Gasteiger partial charge >= 0.3 is 7.75 Å². The Morgan fingerprint density at radius 1 is 0.783 bits per heavy atom. The van der Waals surface area contributed by atoms with Crippen molar-refractivity contribution in [2.75, 3.05) is 5.09 Å². The molecule has 1 N–H and O–H groups in total. The third kappa shape index (κ3) is 5.34. The fourth-order valence-electron chi connectivity index (χ4n) is 3.48. The molecule has 2 aliphatic carbocycles. The first-order chi connectivity index (χ1) is 11.2. The Morgan fingerprint density at radius 3 is 1.74 bits per heavy atom. The van der Waals surface area contributed by atoms with Gasteiger partial charge in [-0.2, -0.15) is 0 Å². The molecule has 2 aliphatic rings. The van der Waals surface area contributed by atoms with Crippen molar-refractivity contribution in [3.8, 4) is 0 Å². The molecule has 2 saturated carbocycles. The molecule has 0 aromatic heterocycles. The van der Waals surface area contributed by atoms with Crippen LogP contribution < -0.4 is 5.09 Å². The molecular formula is C18H28NO3P. The summed E-state index contributed by atoms with van der Waals surface area (Å²) in [5.74, 6) is 0. The monoisotopic (exact) mass is 337 g/mol. The molecule has 0 bridgehead atoms. The van der Waals surface area contributed by atoms with Gasteiger partial charge in [-0.1, -0.05) is 56.7 Å². The zero-order valence-electron chi connectivity index (χ0n) is 13.8. The van der Waals surface area contributed by atoms with Crippen LogP contribution in [-0.2, 0) is 13.6 Å². The van der Waals surface area contributed by atoms with Crippen molar-refractivity contribution < 1.29 is 13.6 Å². The number of nitrogens with one attached hydrogen (secondary N) is 1. The van der Waals surface area contributed by atoms with Crippen LogP contribution in [0.1, 0.15) is 64.2 Å². The number of para-hydroxylation sites is 1. The second kappa shape index (κ2) is 8.32. The van der Waals surface area contributed by atoms with Crippen LogP contribution in [0.4, 0.5) is 5.69 Å². The van der Waals surface area contributed by atoms with Crippen LogP contribution in [-0.4, -0.2) is 12.2 Å². The summed E-state index contributed by atoms with van der Waals surface area (Å²) in [6, 6.07) is 9.60. The van der Waals surface area contributed by atoms with Crippen LogP contribution in [0.25, 0.3) is 0 Å². The molecule has 2 fully saturated rings. The summed E-state index contributed by atoms with van der Waals surface area (Å²) < 4.78 is 25.4. The first-order valence-corrected chi connectivity index (χ1v) is 10.6. The van der Waals surface area contributed by atoms with E-state index in [1.807, 2.05) is 30.3 Å². The molecule has 1 aromatic rings. The Hall–Kier alpha value is -0.830. The molecule has 0 radical (unpaired) electrons. The van der Waals surface area contributed by atoms with Crippen LogP contribution in [0.15, 0.2) is 30.3 Å². The van der Waals surface area contributed by atoms with E-state index in [-0.39, 0.29) is 12.2 Å². The second-order valence-corrected chi connectivity index (χ2v) is 8.35. The van der Waals surface area contributed by atoms with Gasteiger partial charge in [-0.25, -0.2) is 4.57 Å². The van der Waals surface area contributed by atoms with E-state index in [1.54, 1.807) is 0 Å². The quantitative estimate of drug-likeness (QED) is 0.656. The summed E-state index contributed by atoms with van der Waals surface area (Å²) in [5.41, 5.74) is 0.794. The SMILES string of the molecule is O=P(Nc1ccccc1)(OC1CCCCC1)OC1CCCCC1. The van der Waals surface area contributed by atoms with Gasteiger partial charge in [-0.3, -0.25) is 14.1 Å². The van der Waals surface area contributed by atoms with Gasteiger partial charge in [-0.15, -0.1) is 0 Å². The van der Waals surface area contributed by atoms with Crippen molar-refractivity contribution in [2.45, 2.75) is 76.4 Å². The molecule has 0 spiro atoms. The summed E-state index contributed by atoms with van der Waals surface area (Å²) >= 11 is 0. The van der Waals surface area contributed by atoms with Crippen molar-refractivity contribution in [1.82, 2.24) is 0 Å². The lowest BCUT2D eigenvalue weighted by atomic mass is 9.98. The lowest BCUT2D eigenvalue weighted by Crippen LogP contribution is -2.22. The predicted molar refractivity (Wildman–Crippen MR) is 93.6 cm³/mol. The fraction of sp³-hybridized carbons (Fsp3) is 0.667. The lowest BCUT2D eigenvalue weighted by molar-refractivity contribution is 0.0816. The molecule has 0 unspecified atom stereocenters. The molecule has 0 saturated heterocycles. The normalized spacial score (nSPS) is 21.2. The third-order valence-electron chi connectivity index (χ3n) is 4.72. The highest BCUT2D eigenvalue weighted by molar-refractivity contribution is 7.55. The van der Waals surface area contributed by atoms with E-state index in [4.69, 9.17) is 9.05 Å². The first-order valence-electron chi connectivity index (χ1n) is 9.04. The molecule has 3 rings (SSSR count). The Labute approximate surface area is 139 Å². The number of hydrogen-bond acceptors (Lipinski definition) is 3. The summed E-state index contributed by atoms with van der Waals surface area (Å²) in [6.07, 6.45) is 11.1. The van der Waals surface area contributed by atoms with E-state index in [2.05, 4.69) is 5.09 Å². The molecule has 0 heterocycles. The Kier molecular flexibility index (Phi) is 6.15. The van der Waals surface area contributed by atoms with Gasteiger partial charge in [0.25, 0.3) is 0 Å². The Balaban J connectivity index is 1.69. The molecule has 4 nitrogen and oxygen atoms in total. The summed E-state index contributed by atoms with van der Waals surface area (Å²) in [5, 5.41) is 3.06. The average Bonchev–Trinajstić information content (AvgIpc) is 2.57. The first kappa shape index (κ1) is 17.0. The van der Waals surface area contributed by atoms with Crippen LogP contribution in [0, 0.1) is 0 Å². The number of hydrogen-bond donors (Lipinski definition) is 1. The van der Waals surface area contributed by atoms with Gasteiger partial charge in [0.2, 0.25) is 0 Å². The highest BCUT2D eigenvalue weighted by atomic mass is 31.2. The van der Waals surface area contributed by atoms with Crippen molar-refractivity contribution in [3.63, 3.8) is 0 Å². The number of benzene rings is 1. The zero-order chi connectivity index (χ0) is 16.0. The van der Waals surface area contributed by atoms with Crippen LogP contribution in [0.2, 0.25) is 0 Å². The topological polar surface area (TPSA) is 47.6 Å². The summed E-state index contributed by atoms with van der Waals surface area (Å²) in [6.45, 7) is 0. The van der Waals surface area contributed by atoms with Gasteiger partial charge in [0.05, 0.1) is 12.2 Å². The van der Waals surface area contributed by atoms with Gasteiger partial charge in [0.1, 0.15) is 0 Å². The predicted octanol–water partition coefficient (Wildman–Crippen LogP) is 5.91. The minimum absolute atomic E-state index is 0.0504. The van der Waals surface area contributed by atoms with E-state index in [0.29, 0.717) is 0 Å². The molecule has 0 atom stereocenters. The van der Waals surface area contributed by atoms with Crippen molar-refractivity contribution in [3.05, 3.63) is 30.3 Å². The van der Waals surface area contributed by atoms with E-state index in [0.717, 1.165) is 57.1 Å². The summed E-state index contributed by atoms with van der Waals surface area (Å²) in [4.78, 5) is 0. The Morgan fingerprint density at radius 2 is 1.26 bits per heavy atom. The van der Waals surface area contributed by atoms with E-state index in [9.17, 15) is 4.57 Å². The molecule has 0 aliphatic heterocycles. The van der Waals surface area contributed by atoms with Crippen molar-refractivity contribution in [1.29, 1.82) is 0 Å². The average molecular weight is 337 g/mol. The lowest BCUT2D eigenvalue weighted by Gasteiger charge is -2.31. The second-order valence-electron chi connectivity index (χ2n) is 6.71. The minimum Gasteiger partial charge on any atom is -0.293 e. The van der Waals surface area contributed by atoms with Crippen LogP contribution in [0.3, 0.4) is 0 Å². The smallest absolute Gasteiger partial charge is 0.293 e. The van der Waals surface area contributed by atoms with E-state index < -0.39 is 7.75 Å².